The Morgan fingerprint density at radius 2 is 1.68 bits per heavy atom. The van der Waals surface area contributed by atoms with Crippen molar-refractivity contribution in [3.63, 3.8) is 0 Å². The van der Waals surface area contributed by atoms with Crippen molar-refractivity contribution in [2.45, 2.75) is 20.8 Å². The lowest BCUT2D eigenvalue weighted by Crippen LogP contribution is -2.00. The van der Waals surface area contributed by atoms with Crippen LogP contribution < -0.4 is 0 Å². The van der Waals surface area contributed by atoms with Gasteiger partial charge in [0.2, 0.25) is 0 Å². The Kier molecular flexibility index (Phi) is 3.91. The Morgan fingerprint density at radius 3 is 2.37 bits per heavy atom. The first kappa shape index (κ1) is 13.2. The molecule has 0 aliphatic heterocycles. The van der Waals surface area contributed by atoms with Crippen molar-refractivity contribution >= 4 is 17.0 Å². The summed E-state index contributed by atoms with van der Waals surface area (Å²) in [4.78, 5) is 9.22. The minimum Gasteiger partial charge on any atom is -0.251 e. The normalized spacial score (nSPS) is 11.4. The molecule has 19 heavy (non-hydrogen) atoms. The Morgan fingerprint density at radius 1 is 1.00 bits per heavy atom. The van der Waals surface area contributed by atoms with Crippen LogP contribution in [0.2, 0.25) is 0 Å². The van der Waals surface area contributed by atoms with E-state index < -0.39 is 0 Å². The second-order valence-electron chi connectivity index (χ2n) is 4.67. The van der Waals surface area contributed by atoms with Crippen LogP contribution in [-0.2, 0) is 0 Å². The summed E-state index contributed by atoms with van der Waals surface area (Å²) in [5.41, 5.74) is 5.84. The van der Waals surface area contributed by atoms with Crippen LogP contribution >= 0.6 is 0 Å². The molecule has 2 nitrogen and oxygen atoms in total. The molecule has 0 aliphatic carbocycles. The molecule has 0 aliphatic rings. The quantitative estimate of drug-likeness (QED) is 0.733. The second kappa shape index (κ2) is 5.61. The molecule has 0 saturated carbocycles. The van der Waals surface area contributed by atoms with Crippen LogP contribution in [0.15, 0.2) is 54.0 Å². The standard InChI is InChI=1S/C17H18N2/c1-12(2)15-10-7-11-17(19-15)14(4)18-16-9-6-5-8-13(16)3/h5-11H,1H2,2-4H3. The number of hydrogen-bond donors (Lipinski definition) is 0. The first-order valence-electron chi connectivity index (χ1n) is 6.32. The third-order valence-corrected chi connectivity index (χ3v) is 2.96. The monoisotopic (exact) mass is 250 g/mol. The molecule has 2 aromatic rings. The highest BCUT2D eigenvalue weighted by atomic mass is 14.8. The van der Waals surface area contributed by atoms with Crippen molar-refractivity contribution in [1.29, 1.82) is 0 Å². The minimum absolute atomic E-state index is 0.892. The smallest absolute Gasteiger partial charge is 0.0849 e. The van der Waals surface area contributed by atoms with Gasteiger partial charge in [-0.1, -0.05) is 30.8 Å². The number of benzene rings is 1. The lowest BCUT2D eigenvalue weighted by Gasteiger charge is -2.05. The van der Waals surface area contributed by atoms with E-state index in [9.17, 15) is 0 Å². The van der Waals surface area contributed by atoms with E-state index in [0.29, 0.717) is 0 Å². The average molecular weight is 250 g/mol. The van der Waals surface area contributed by atoms with E-state index in [1.54, 1.807) is 0 Å². The average Bonchev–Trinajstić information content (AvgIpc) is 2.41. The molecule has 96 valence electrons. The molecule has 1 aromatic carbocycles. The van der Waals surface area contributed by atoms with Crippen LogP contribution in [0.4, 0.5) is 5.69 Å². The Bertz CT molecular complexity index is 639. The van der Waals surface area contributed by atoms with Crippen molar-refractivity contribution in [3.8, 4) is 0 Å². The topological polar surface area (TPSA) is 25.2 Å². The fourth-order valence-corrected chi connectivity index (χ4v) is 1.80. The summed E-state index contributed by atoms with van der Waals surface area (Å²) in [6.45, 7) is 9.92. The number of hydrogen-bond acceptors (Lipinski definition) is 2. The van der Waals surface area contributed by atoms with E-state index in [2.05, 4.69) is 29.5 Å². The summed E-state index contributed by atoms with van der Waals surface area (Å²) in [7, 11) is 0. The van der Waals surface area contributed by atoms with Gasteiger partial charge < -0.3 is 0 Å². The first-order chi connectivity index (χ1) is 9.08. The van der Waals surface area contributed by atoms with Crippen molar-refractivity contribution in [1.82, 2.24) is 4.98 Å². The van der Waals surface area contributed by atoms with Crippen LogP contribution in [0.1, 0.15) is 30.8 Å². The molecule has 0 radical (unpaired) electrons. The largest absolute Gasteiger partial charge is 0.251 e. The number of para-hydroxylation sites is 1. The predicted molar refractivity (Wildman–Crippen MR) is 82.0 cm³/mol. The van der Waals surface area contributed by atoms with Crippen LogP contribution in [0.3, 0.4) is 0 Å². The number of aryl methyl sites for hydroxylation is 1. The summed E-state index contributed by atoms with van der Waals surface area (Å²) in [6.07, 6.45) is 0. The maximum Gasteiger partial charge on any atom is 0.0849 e. The summed E-state index contributed by atoms with van der Waals surface area (Å²) >= 11 is 0. The summed E-state index contributed by atoms with van der Waals surface area (Å²) in [5.74, 6) is 0. The van der Waals surface area contributed by atoms with E-state index in [1.807, 2.05) is 50.2 Å². The molecule has 2 heteroatoms. The Balaban J connectivity index is 2.39. The van der Waals surface area contributed by atoms with E-state index in [-0.39, 0.29) is 0 Å². The minimum atomic E-state index is 0.892. The maximum atomic E-state index is 4.65. The maximum absolute atomic E-state index is 4.65. The van der Waals surface area contributed by atoms with Gasteiger partial charge in [-0.2, -0.15) is 0 Å². The van der Waals surface area contributed by atoms with Crippen LogP contribution in [0.5, 0.6) is 0 Å². The summed E-state index contributed by atoms with van der Waals surface area (Å²) < 4.78 is 0. The van der Waals surface area contributed by atoms with Gasteiger partial charge in [0.1, 0.15) is 0 Å². The second-order valence-corrected chi connectivity index (χ2v) is 4.67. The zero-order chi connectivity index (χ0) is 13.8. The number of aromatic nitrogens is 1. The first-order valence-corrected chi connectivity index (χ1v) is 6.32. The zero-order valence-electron chi connectivity index (χ0n) is 11.6. The van der Waals surface area contributed by atoms with Crippen molar-refractivity contribution in [2.24, 2.45) is 4.99 Å². The van der Waals surface area contributed by atoms with Crippen LogP contribution in [-0.4, -0.2) is 10.7 Å². The number of nitrogens with zero attached hydrogens (tertiary/aromatic N) is 2. The molecule has 1 heterocycles. The molecule has 0 atom stereocenters. The van der Waals surface area contributed by atoms with Crippen LogP contribution in [0, 0.1) is 6.92 Å². The SMILES string of the molecule is C=C(C)c1cccc(C(C)=Nc2ccccc2C)n1. The molecule has 0 unspecified atom stereocenters. The fraction of sp³-hybridized carbons (Fsp3) is 0.176. The molecule has 0 N–H and O–H groups in total. The molecule has 0 bridgehead atoms. The lowest BCUT2D eigenvalue weighted by molar-refractivity contribution is 1.23. The van der Waals surface area contributed by atoms with Crippen LogP contribution in [0.25, 0.3) is 5.57 Å². The van der Waals surface area contributed by atoms with E-state index in [1.165, 1.54) is 0 Å². The predicted octanol–water partition coefficient (Wildman–Crippen LogP) is 4.56. The van der Waals surface area contributed by atoms with Gasteiger partial charge in [0.25, 0.3) is 0 Å². The van der Waals surface area contributed by atoms with Gasteiger partial charge in [0, 0.05) is 0 Å². The molecule has 0 saturated heterocycles. The highest BCUT2D eigenvalue weighted by Crippen LogP contribution is 2.19. The third-order valence-electron chi connectivity index (χ3n) is 2.96. The molecular formula is C17H18N2. The molecule has 2 rings (SSSR count). The molecule has 0 spiro atoms. The van der Waals surface area contributed by atoms with E-state index >= 15 is 0 Å². The molecule has 1 aromatic heterocycles. The van der Waals surface area contributed by atoms with Crippen molar-refractivity contribution in [2.75, 3.05) is 0 Å². The van der Waals surface area contributed by atoms with E-state index in [4.69, 9.17) is 0 Å². The molecule has 0 amide bonds. The van der Waals surface area contributed by atoms with E-state index in [0.717, 1.165) is 33.9 Å². The highest BCUT2D eigenvalue weighted by molar-refractivity contribution is 5.99. The van der Waals surface area contributed by atoms with Gasteiger partial charge >= 0.3 is 0 Å². The van der Waals surface area contributed by atoms with Gasteiger partial charge in [-0.3, -0.25) is 4.99 Å². The molecular weight excluding hydrogens is 232 g/mol. The molecule has 0 fully saturated rings. The van der Waals surface area contributed by atoms with Gasteiger partial charge in [0.05, 0.1) is 22.8 Å². The van der Waals surface area contributed by atoms with Crippen molar-refractivity contribution in [3.05, 3.63) is 66.0 Å². The number of pyridine rings is 1. The lowest BCUT2D eigenvalue weighted by atomic mass is 10.1. The third kappa shape index (κ3) is 3.16. The van der Waals surface area contributed by atoms with Gasteiger partial charge in [-0.25, -0.2) is 4.98 Å². The van der Waals surface area contributed by atoms with Gasteiger partial charge in [0.15, 0.2) is 0 Å². The highest BCUT2D eigenvalue weighted by Gasteiger charge is 2.03. The van der Waals surface area contributed by atoms with Crippen molar-refractivity contribution < 1.29 is 0 Å². The summed E-state index contributed by atoms with van der Waals surface area (Å²) in [6, 6.07) is 14.0. The zero-order valence-corrected chi connectivity index (χ0v) is 11.6. The fourth-order valence-electron chi connectivity index (χ4n) is 1.80. The van der Waals surface area contributed by atoms with Gasteiger partial charge in [-0.15, -0.1) is 0 Å². The number of rotatable bonds is 3. The number of aliphatic imine (C=N–C) groups is 1. The Labute approximate surface area is 114 Å². The Hall–Kier alpha value is -2.22. The van der Waals surface area contributed by atoms with Gasteiger partial charge in [-0.05, 0) is 50.1 Å². The number of allylic oxidation sites excluding steroid dienone is 1. The summed E-state index contributed by atoms with van der Waals surface area (Å²) in [5, 5.41) is 0.